The smallest absolute Gasteiger partial charge is 0.161 e. The number of nitriles is 1. The fourth-order valence-corrected chi connectivity index (χ4v) is 2.99. The van der Waals surface area contributed by atoms with Crippen LogP contribution in [0, 0.1) is 17.2 Å². The van der Waals surface area contributed by atoms with E-state index in [-0.39, 0.29) is 5.78 Å². The lowest BCUT2D eigenvalue weighted by molar-refractivity contribution is 0.000387. The van der Waals surface area contributed by atoms with Gasteiger partial charge in [0.05, 0.1) is 24.3 Å². The van der Waals surface area contributed by atoms with E-state index in [4.69, 9.17) is 10.00 Å². The Kier molecular flexibility index (Phi) is 5.97. The molecule has 2 atom stereocenters. The summed E-state index contributed by atoms with van der Waals surface area (Å²) in [5.41, 5.74) is 1.88. The number of hydrogen-bond acceptors (Lipinski definition) is 4. The van der Waals surface area contributed by atoms with E-state index in [2.05, 4.69) is 18.3 Å². The van der Waals surface area contributed by atoms with Crippen molar-refractivity contribution < 1.29 is 9.53 Å². The van der Waals surface area contributed by atoms with Crippen molar-refractivity contribution in [2.45, 2.75) is 45.6 Å². The van der Waals surface area contributed by atoms with Gasteiger partial charge in [0.15, 0.2) is 5.78 Å². The van der Waals surface area contributed by atoms with E-state index >= 15 is 0 Å². The fraction of sp³-hybridized carbons (Fsp3) is 0.556. The van der Waals surface area contributed by atoms with Gasteiger partial charge in [-0.25, -0.2) is 0 Å². The highest BCUT2D eigenvalue weighted by atomic mass is 16.5. The number of benzene rings is 1. The number of carbonyl (C=O) groups excluding carboxylic acids is 1. The van der Waals surface area contributed by atoms with Crippen LogP contribution in [0.2, 0.25) is 0 Å². The molecular weight excluding hydrogens is 276 g/mol. The number of nitrogens with one attached hydrogen (secondary N) is 1. The van der Waals surface area contributed by atoms with Crippen LogP contribution in [0.1, 0.15) is 55.5 Å². The van der Waals surface area contributed by atoms with Gasteiger partial charge in [-0.1, -0.05) is 19.8 Å². The van der Waals surface area contributed by atoms with Crippen molar-refractivity contribution >= 4 is 11.5 Å². The van der Waals surface area contributed by atoms with Crippen molar-refractivity contribution in [3.8, 4) is 6.07 Å². The molecule has 22 heavy (non-hydrogen) atoms. The van der Waals surface area contributed by atoms with Crippen LogP contribution in [0.5, 0.6) is 0 Å². The van der Waals surface area contributed by atoms with Gasteiger partial charge in [-0.15, -0.1) is 0 Å². The summed E-state index contributed by atoms with van der Waals surface area (Å²) in [6.45, 7) is 5.04. The Morgan fingerprint density at radius 2 is 2.18 bits per heavy atom. The van der Waals surface area contributed by atoms with Crippen LogP contribution in [0.25, 0.3) is 0 Å². The third-order valence-electron chi connectivity index (χ3n) is 4.31. The summed E-state index contributed by atoms with van der Waals surface area (Å²) in [6, 6.07) is 7.19. The molecule has 4 heteroatoms. The van der Waals surface area contributed by atoms with E-state index in [1.54, 1.807) is 18.2 Å². The van der Waals surface area contributed by atoms with Crippen LogP contribution in [0.3, 0.4) is 0 Å². The number of rotatable bonds is 6. The molecule has 0 heterocycles. The Hall–Kier alpha value is -1.86. The first-order valence-electron chi connectivity index (χ1n) is 8.02. The lowest BCUT2D eigenvalue weighted by Crippen LogP contribution is -2.27. The van der Waals surface area contributed by atoms with Crippen LogP contribution >= 0.6 is 0 Å². The zero-order chi connectivity index (χ0) is 15.9. The average molecular weight is 300 g/mol. The number of hydrogen-bond donors (Lipinski definition) is 1. The van der Waals surface area contributed by atoms with Crippen molar-refractivity contribution in [2.75, 3.05) is 18.5 Å². The van der Waals surface area contributed by atoms with Crippen LogP contribution in [-0.2, 0) is 4.74 Å². The maximum Gasteiger partial charge on any atom is 0.161 e. The first-order chi connectivity index (χ1) is 10.6. The van der Waals surface area contributed by atoms with Gasteiger partial charge in [-0.2, -0.15) is 5.26 Å². The minimum Gasteiger partial charge on any atom is -0.382 e. The molecule has 1 aliphatic rings. The zero-order valence-electron chi connectivity index (χ0n) is 13.4. The number of anilines is 1. The molecule has 1 aromatic rings. The normalized spacial score (nSPS) is 21.1. The Bertz CT molecular complexity index is 563. The van der Waals surface area contributed by atoms with Crippen molar-refractivity contribution in [1.82, 2.24) is 0 Å². The van der Waals surface area contributed by atoms with Crippen molar-refractivity contribution in [2.24, 2.45) is 5.92 Å². The second-order valence-corrected chi connectivity index (χ2v) is 6.03. The van der Waals surface area contributed by atoms with Gasteiger partial charge in [-0.05, 0) is 43.9 Å². The molecule has 2 unspecified atom stereocenters. The van der Waals surface area contributed by atoms with Crippen LogP contribution in [-0.4, -0.2) is 25.0 Å². The standard InChI is InChI=1S/C18H24N2O2/c1-13-5-3-4-6-18(13)22-10-9-20-17-11-15(12-19)7-8-16(17)14(2)21/h7-8,11,13,18,20H,3-6,9-10H2,1-2H3. The molecule has 1 aromatic carbocycles. The monoisotopic (exact) mass is 300 g/mol. The Labute approximate surface area is 132 Å². The average Bonchev–Trinajstić information content (AvgIpc) is 2.52. The van der Waals surface area contributed by atoms with Gasteiger partial charge in [-0.3, -0.25) is 4.79 Å². The van der Waals surface area contributed by atoms with Crippen molar-refractivity contribution in [3.63, 3.8) is 0 Å². The zero-order valence-corrected chi connectivity index (χ0v) is 13.4. The molecular formula is C18H24N2O2. The van der Waals surface area contributed by atoms with Crippen molar-refractivity contribution in [1.29, 1.82) is 5.26 Å². The second kappa shape index (κ2) is 7.95. The topological polar surface area (TPSA) is 62.1 Å². The molecule has 1 saturated carbocycles. The Morgan fingerprint density at radius 1 is 1.41 bits per heavy atom. The lowest BCUT2D eigenvalue weighted by Gasteiger charge is -2.28. The quantitative estimate of drug-likeness (QED) is 0.641. The highest BCUT2D eigenvalue weighted by Crippen LogP contribution is 2.26. The molecule has 0 amide bonds. The summed E-state index contributed by atoms with van der Waals surface area (Å²) in [4.78, 5) is 11.6. The Balaban J connectivity index is 1.88. The summed E-state index contributed by atoms with van der Waals surface area (Å²) in [5.74, 6) is 0.622. The van der Waals surface area contributed by atoms with Crippen molar-refractivity contribution in [3.05, 3.63) is 29.3 Å². The molecule has 1 N–H and O–H groups in total. The summed E-state index contributed by atoms with van der Waals surface area (Å²) in [6.07, 6.45) is 5.30. The summed E-state index contributed by atoms with van der Waals surface area (Å²) < 4.78 is 5.96. The highest BCUT2D eigenvalue weighted by molar-refractivity contribution is 5.99. The molecule has 4 nitrogen and oxygen atoms in total. The molecule has 1 aliphatic carbocycles. The summed E-state index contributed by atoms with van der Waals surface area (Å²) in [5, 5.41) is 12.2. The van der Waals surface area contributed by atoms with Gasteiger partial charge in [0.1, 0.15) is 0 Å². The number of ketones is 1. The van der Waals surface area contributed by atoms with Crippen LogP contribution < -0.4 is 5.32 Å². The molecule has 2 rings (SSSR count). The largest absolute Gasteiger partial charge is 0.382 e. The molecule has 1 fully saturated rings. The SMILES string of the molecule is CC(=O)c1ccc(C#N)cc1NCCOC1CCCCC1C. The molecule has 118 valence electrons. The molecule has 0 spiro atoms. The number of Topliss-reactive ketones (excluding diaryl/α,β-unsaturated/α-hetero) is 1. The number of nitrogens with zero attached hydrogens (tertiary/aromatic N) is 1. The maximum absolute atomic E-state index is 11.6. The molecule has 0 saturated heterocycles. The van der Waals surface area contributed by atoms with Gasteiger partial charge in [0, 0.05) is 17.8 Å². The molecule has 0 aromatic heterocycles. The van der Waals surface area contributed by atoms with E-state index in [9.17, 15) is 4.79 Å². The van der Waals surface area contributed by atoms with E-state index in [1.165, 1.54) is 26.2 Å². The Morgan fingerprint density at radius 3 is 2.86 bits per heavy atom. The summed E-state index contributed by atoms with van der Waals surface area (Å²) in [7, 11) is 0. The van der Waals surface area contributed by atoms with Gasteiger partial charge in [0.25, 0.3) is 0 Å². The minimum atomic E-state index is -0.00573. The first kappa shape index (κ1) is 16.5. The predicted molar refractivity (Wildman–Crippen MR) is 87.0 cm³/mol. The third-order valence-corrected chi connectivity index (χ3v) is 4.31. The van der Waals surface area contributed by atoms with Crippen LogP contribution in [0.4, 0.5) is 5.69 Å². The van der Waals surface area contributed by atoms with Gasteiger partial charge >= 0.3 is 0 Å². The minimum absolute atomic E-state index is 0.00573. The highest BCUT2D eigenvalue weighted by Gasteiger charge is 2.21. The van der Waals surface area contributed by atoms with Crippen LogP contribution in [0.15, 0.2) is 18.2 Å². The first-order valence-corrected chi connectivity index (χ1v) is 8.02. The molecule has 0 bridgehead atoms. The van der Waals surface area contributed by atoms with E-state index in [0.29, 0.717) is 42.0 Å². The number of carbonyl (C=O) groups is 1. The van der Waals surface area contributed by atoms with Gasteiger partial charge < -0.3 is 10.1 Å². The van der Waals surface area contributed by atoms with Gasteiger partial charge in [0.2, 0.25) is 0 Å². The predicted octanol–water partition coefficient (Wildman–Crippen LogP) is 3.77. The maximum atomic E-state index is 11.6. The lowest BCUT2D eigenvalue weighted by atomic mass is 9.88. The number of ether oxygens (including phenoxy) is 1. The summed E-state index contributed by atoms with van der Waals surface area (Å²) >= 11 is 0. The van der Waals surface area contributed by atoms with E-state index in [0.717, 1.165) is 6.42 Å². The fourth-order valence-electron chi connectivity index (χ4n) is 2.99. The molecule has 0 radical (unpaired) electrons. The van der Waals surface area contributed by atoms with E-state index in [1.807, 2.05) is 0 Å². The van der Waals surface area contributed by atoms with E-state index < -0.39 is 0 Å². The molecule has 0 aliphatic heterocycles. The second-order valence-electron chi connectivity index (χ2n) is 6.03. The third kappa shape index (κ3) is 4.32.